The third-order valence-electron chi connectivity index (χ3n) is 6.38. The highest BCUT2D eigenvalue weighted by Crippen LogP contribution is 2.46. The van der Waals surface area contributed by atoms with E-state index in [-0.39, 0.29) is 18.4 Å². The van der Waals surface area contributed by atoms with E-state index in [1.807, 2.05) is 68.3 Å². The summed E-state index contributed by atoms with van der Waals surface area (Å²) in [5.74, 6) is -0.479. The van der Waals surface area contributed by atoms with Crippen LogP contribution in [0.25, 0.3) is 0 Å². The summed E-state index contributed by atoms with van der Waals surface area (Å²) in [6.07, 6.45) is 0.786. The molecule has 2 aromatic carbocycles. The van der Waals surface area contributed by atoms with Crippen molar-refractivity contribution in [2.24, 2.45) is 4.99 Å². The van der Waals surface area contributed by atoms with Crippen molar-refractivity contribution in [3.05, 3.63) is 93.2 Å². The molecule has 0 fully saturated rings. The predicted molar refractivity (Wildman–Crippen MR) is 141 cm³/mol. The average Bonchev–Trinajstić information content (AvgIpc) is 3.26. The molecule has 2 aliphatic rings. The Balaban J connectivity index is 1.68. The molecule has 0 aromatic heterocycles. The van der Waals surface area contributed by atoms with Crippen molar-refractivity contribution < 1.29 is 14.3 Å². The minimum Gasteiger partial charge on any atom is -0.466 e. The number of aliphatic imine (C=N–C) groups is 1. The third kappa shape index (κ3) is 5.05. The van der Waals surface area contributed by atoms with Crippen LogP contribution in [-0.2, 0) is 14.3 Å². The number of thioether (sulfide) groups is 1. The summed E-state index contributed by atoms with van der Waals surface area (Å²) in [4.78, 5) is 33.0. The van der Waals surface area contributed by atoms with Gasteiger partial charge in [0.05, 0.1) is 36.9 Å². The van der Waals surface area contributed by atoms with Gasteiger partial charge in [-0.3, -0.25) is 4.79 Å². The van der Waals surface area contributed by atoms with Crippen LogP contribution in [-0.4, -0.2) is 29.1 Å². The molecule has 2 heterocycles. The smallest absolute Gasteiger partial charge is 0.338 e. The standard InChI is InChI=1S/C28H31N3O3S/c1-6-23-25(27(33)34-5)26(22-14-17(2)12-13-18(22)3)31-21(16-35-28(31)30-23)15-24(32)29-19(4)20-10-8-7-9-11-20/h7-14,16,19,26H,6,15H2,1-5H3,(H,29,32)/t19-,26-/m0/s1. The number of esters is 1. The van der Waals surface area contributed by atoms with Gasteiger partial charge in [-0.2, -0.15) is 0 Å². The van der Waals surface area contributed by atoms with E-state index in [9.17, 15) is 9.59 Å². The van der Waals surface area contributed by atoms with Crippen molar-refractivity contribution in [3.63, 3.8) is 0 Å². The van der Waals surface area contributed by atoms with Crippen molar-refractivity contribution in [1.82, 2.24) is 10.2 Å². The zero-order valence-corrected chi connectivity index (χ0v) is 21.6. The summed E-state index contributed by atoms with van der Waals surface area (Å²) in [5.41, 5.74) is 6.29. The molecule has 2 aliphatic heterocycles. The molecule has 0 saturated carbocycles. The molecule has 1 N–H and O–H groups in total. The summed E-state index contributed by atoms with van der Waals surface area (Å²) in [6, 6.07) is 15.6. The summed E-state index contributed by atoms with van der Waals surface area (Å²) < 4.78 is 5.21. The lowest BCUT2D eigenvalue weighted by molar-refractivity contribution is -0.136. The zero-order chi connectivity index (χ0) is 25.1. The lowest BCUT2D eigenvalue weighted by atomic mass is 9.89. The van der Waals surface area contributed by atoms with Crippen LogP contribution >= 0.6 is 11.8 Å². The van der Waals surface area contributed by atoms with Gasteiger partial charge in [0.25, 0.3) is 0 Å². The highest BCUT2D eigenvalue weighted by atomic mass is 32.2. The van der Waals surface area contributed by atoms with Gasteiger partial charge in [0.1, 0.15) is 0 Å². The number of carbonyl (C=O) groups excluding carboxylic acids is 2. The lowest BCUT2D eigenvalue weighted by Gasteiger charge is -2.37. The van der Waals surface area contributed by atoms with Crippen molar-refractivity contribution >= 4 is 28.8 Å². The van der Waals surface area contributed by atoms with Gasteiger partial charge >= 0.3 is 5.97 Å². The number of fused-ring (bicyclic) bond motifs is 1. The number of carbonyl (C=O) groups is 2. The number of ether oxygens (including phenoxy) is 1. The molecule has 0 bridgehead atoms. The first-order valence-corrected chi connectivity index (χ1v) is 12.7. The van der Waals surface area contributed by atoms with E-state index in [4.69, 9.17) is 9.73 Å². The maximum absolute atomic E-state index is 13.1. The van der Waals surface area contributed by atoms with Crippen molar-refractivity contribution in [2.75, 3.05) is 7.11 Å². The van der Waals surface area contributed by atoms with E-state index in [1.54, 1.807) is 0 Å². The topological polar surface area (TPSA) is 71.0 Å². The maximum atomic E-state index is 13.1. The van der Waals surface area contributed by atoms with Crippen LogP contribution in [0.4, 0.5) is 0 Å². The number of amides is 1. The molecular weight excluding hydrogens is 458 g/mol. The Bertz CT molecular complexity index is 1230. The van der Waals surface area contributed by atoms with Crippen LogP contribution < -0.4 is 5.32 Å². The number of nitrogens with one attached hydrogen (secondary N) is 1. The van der Waals surface area contributed by atoms with Crippen molar-refractivity contribution in [3.8, 4) is 0 Å². The minimum atomic E-state index is -0.412. The zero-order valence-electron chi connectivity index (χ0n) is 20.8. The van der Waals surface area contributed by atoms with Gasteiger partial charge in [-0.05, 0) is 49.3 Å². The summed E-state index contributed by atoms with van der Waals surface area (Å²) in [5, 5.41) is 5.85. The van der Waals surface area contributed by atoms with Gasteiger partial charge in [0.15, 0.2) is 5.17 Å². The number of benzene rings is 2. The van der Waals surface area contributed by atoms with Gasteiger partial charge in [0, 0.05) is 5.70 Å². The van der Waals surface area contributed by atoms with E-state index in [2.05, 4.69) is 23.5 Å². The molecular formula is C28H31N3O3S. The Morgan fingerprint density at radius 3 is 2.60 bits per heavy atom. The molecule has 2 aromatic rings. The maximum Gasteiger partial charge on any atom is 0.338 e. The molecule has 7 heteroatoms. The molecule has 182 valence electrons. The number of methoxy groups -OCH3 is 1. The lowest BCUT2D eigenvalue weighted by Crippen LogP contribution is -2.38. The molecule has 6 nitrogen and oxygen atoms in total. The number of rotatable bonds is 7. The van der Waals surface area contributed by atoms with Crippen LogP contribution in [0.5, 0.6) is 0 Å². The van der Waals surface area contributed by atoms with E-state index < -0.39 is 12.0 Å². The largest absolute Gasteiger partial charge is 0.466 e. The number of aryl methyl sites for hydroxylation is 2. The van der Waals surface area contributed by atoms with Crippen LogP contribution in [0.1, 0.15) is 61.0 Å². The quantitative estimate of drug-likeness (QED) is 0.505. The van der Waals surface area contributed by atoms with Crippen molar-refractivity contribution in [2.45, 2.75) is 52.6 Å². The molecule has 2 atom stereocenters. The van der Waals surface area contributed by atoms with Crippen LogP contribution in [0.2, 0.25) is 0 Å². The Hall–Kier alpha value is -3.32. The summed E-state index contributed by atoms with van der Waals surface area (Å²) >= 11 is 1.49. The molecule has 0 aliphatic carbocycles. The van der Waals surface area contributed by atoms with E-state index >= 15 is 0 Å². The predicted octanol–water partition coefficient (Wildman–Crippen LogP) is 5.71. The molecule has 0 radical (unpaired) electrons. The fraction of sp³-hybridized carbons (Fsp3) is 0.321. The highest BCUT2D eigenvalue weighted by Gasteiger charge is 2.42. The molecule has 0 spiro atoms. The first-order valence-electron chi connectivity index (χ1n) is 11.8. The monoisotopic (exact) mass is 489 g/mol. The first-order chi connectivity index (χ1) is 16.8. The van der Waals surface area contributed by atoms with Crippen LogP contribution in [0.3, 0.4) is 0 Å². The number of hydrogen-bond donors (Lipinski definition) is 1. The van der Waals surface area contributed by atoms with Gasteiger partial charge in [-0.15, -0.1) is 0 Å². The number of hydrogen-bond acceptors (Lipinski definition) is 6. The number of allylic oxidation sites excluding steroid dienone is 1. The van der Waals surface area contributed by atoms with Gasteiger partial charge in [-0.25, -0.2) is 9.79 Å². The Morgan fingerprint density at radius 1 is 1.17 bits per heavy atom. The van der Waals surface area contributed by atoms with Crippen molar-refractivity contribution in [1.29, 1.82) is 0 Å². The van der Waals surface area contributed by atoms with E-state index in [1.165, 1.54) is 18.9 Å². The first kappa shape index (κ1) is 24.8. The SMILES string of the molecule is CCC1=C(C(=O)OC)[C@H](c2cc(C)ccc2C)N2C(CC(=O)N[C@@H](C)c3ccccc3)=CSC2=N1. The van der Waals surface area contributed by atoms with E-state index in [0.717, 1.165) is 38.8 Å². The normalized spacial score (nSPS) is 18.0. The molecule has 0 unspecified atom stereocenters. The van der Waals surface area contributed by atoms with Gasteiger partial charge in [-0.1, -0.05) is 72.8 Å². The number of nitrogens with zero attached hydrogens (tertiary/aromatic N) is 2. The Labute approximate surface area is 211 Å². The molecule has 1 amide bonds. The minimum absolute atomic E-state index is 0.0842. The van der Waals surface area contributed by atoms with Crippen LogP contribution in [0.15, 0.2) is 75.9 Å². The highest BCUT2D eigenvalue weighted by molar-refractivity contribution is 8.16. The fourth-order valence-corrected chi connectivity index (χ4v) is 5.48. The van der Waals surface area contributed by atoms with E-state index in [0.29, 0.717) is 12.0 Å². The second kappa shape index (κ2) is 10.5. The number of amidine groups is 1. The molecule has 35 heavy (non-hydrogen) atoms. The third-order valence-corrected chi connectivity index (χ3v) is 7.27. The van der Waals surface area contributed by atoms with Gasteiger partial charge < -0.3 is 15.0 Å². The fourth-order valence-electron chi connectivity index (χ4n) is 4.54. The molecule has 0 saturated heterocycles. The Kier molecular flexibility index (Phi) is 7.45. The molecule has 4 rings (SSSR count). The van der Waals surface area contributed by atoms with Gasteiger partial charge in [0.2, 0.25) is 5.91 Å². The second-order valence-electron chi connectivity index (χ2n) is 8.84. The Morgan fingerprint density at radius 2 is 1.91 bits per heavy atom. The van der Waals surface area contributed by atoms with Crippen LogP contribution in [0, 0.1) is 13.8 Å². The summed E-state index contributed by atoms with van der Waals surface area (Å²) in [6.45, 7) is 8.05. The average molecular weight is 490 g/mol. The second-order valence-corrected chi connectivity index (χ2v) is 9.67. The summed E-state index contributed by atoms with van der Waals surface area (Å²) in [7, 11) is 1.40.